The number of nitrogens with zero attached hydrogens (tertiary/aromatic N) is 2. The molecule has 0 aromatic carbocycles. The zero-order valence-corrected chi connectivity index (χ0v) is 15.4. The van der Waals surface area contributed by atoms with Gasteiger partial charge in [-0.05, 0) is 58.4 Å². The van der Waals surface area contributed by atoms with Crippen LogP contribution in [0.1, 0.15) is 52.9 Å². The second-order valence-corrected chi connectivity index (χ2v) is 8.36. The van der Waals surface area contributed by atoms with Crippen molar-refractivity contribution in [1.29, 1.82) is 0 Å². The van der Waals surface area contributed by atoms with Gasteiger partial charge in [-0.1, -0.05) is 0 Å². The molecule has 1 saturated carbocycles. The fraction of sp³-hybridized carbons (Fsp3) is 0.842. The van der Waals surface area contributed by atoms with Crippen molar-refractivity contribution in [2.24, 2.45) is 5.92 Å². The molecule has 1 saturated heterocycles. The molecule has 1 atom stereocenters. The third-order valence-electron chi connectivity index (χ3n) is 4.89. The molecule has 5 heteroatoms. The number of rotatable bonds is 4. The average Bonchev–Trinajstić information content (AvgIpc) is 3.36. The molecule has 0 aromatic rings. The molecule has 2 aliphatic heterocycles. The van der Waals surface area contributed by atoms with Crippen molar-refractivity contribution in [3.05, 3.63) is 11.8 Å². The number of amides is 1. The van der Waals surface area contributed by atoms with Crippen LogP contribution in [0, 0.1) is 5.92 Å². The first-order valence-corrected chi connectivity index (χ1v) is 9.44. The molecule has 0 spiro atoms. The van der Waals surface area contributed by atoms with Crippen LogP contribution in [0.25, 0.3) is 0 Å². The fourth-order valence-electron chi connectivity index (χ4n) is 3.33. The minimum Gasteiger partial charge on any atom is -0.444 e. The Hall–Kier alpha value is -1.23. The highest BCUT2D eigenvalue weighted by molar-refractivity contribution is 5.68. The highest BCUT2D eigenvalue weighted by Gasteiger charge is 2.29. The predicted octanol–water partition coefficient (Wildman–Crippen LogP) is 3.40. The Morgan fingerprint density at radius 2 is 2.04 bits per heavy atom. The summed E-state index contributed by atoms with van der Waals surface area (Å²) < 4.78 is 11.5. The van der Waals surface area contributed by atoms with E-state index in [4.69, 9.17) is 9.47 Å². The molecule has 136 valence electrons. The average molecular weight is 336 g/mol. The SMILES string of the molecule is CC(C)(C)OC(=O)N1CC=C(N2CCCC(OCC3CC3)C2)CC1. The number of ether oxygens (including phenoxy) is 2. The van der Waals surface area contributed by atoms with Crippen LogP contribution in [0.4, 0.5) is 4.79 Å². The zero-order valence-electron chi connectivity index (χ0n) is 15.4. The number of likely N-dealkylation sites (tertiary alicyclic amines) is 1. The molecular formula is C19H32N2O3. The molecule has 24 heavy (non-hydrogen) atoms. The molecule has 3 rings (SSSR count). The number of hydrogen-bond donors (Lipinski definition) is 0. The molecule has 1 unspecified atom stereocenters. The Morgan fingerprint density at radius 3 is 2.67 bits per heavy atom. The van der Waals surface area contributed by atoms with Gasteiger partial charge in [0.15, 0.2) is 0 Å². The van der Waals surface area contributed by atoms with E-state index in [1.165, 1.54) is 31.4 Å². The van der Waals surface area contributed by atoms with Gasteiger partial charge in [-0.2, -0.15) is 0 Å². The summed E-state index contributed by atoms with van der Waals surface area (Å²) in [6, 6.07) is 0. The Morgan fingerprint density at radius 1 is 1.25 bits per heavy atom. The summed E-state index contributed by atoms with van der Waals surface area (Å²) in [6.07, 6.45) is 8.35. The van der Waals surface area contributed by atoms with Gasteiger partial charge in [-0.25, -0.2) is 4.79 Å². The van der Waals surface area contributed by atoms with Crippen LogP contribution in [0.5, 0.6) is 0 Å². The molecule has 5 nitrogen and oxygen atoms in total. The Kier molecular flexibility index (Phi) is 5.38. The third kappa shape index (κ3) is 5.13. The number of hydrogen-bond acceptors (Lipinski definition) is 4. The maximum absolute atomic E-state index is 12.1. The van der Waals surface area contributed by atoms with Crippen molar-refractivity contribution in [2.75, 3.05) is 32.8 Å². The van der Waals surface area contributed by atoms with Crippen LogP contribution in [0.3, 0.4) is 0 Å². The van der Waals surface area contributed by atoms with Gasteiger partial charge in [0.05, 0.1) is 6.10 Å². The molecule has 0 radical (unpaired) electrons. The van der Waals surface area contributed by atoms with Crippen LogP contribution >= 0.6 is 0 Å². The first-order valence-electron chi connectivity index (χ1n) is 9.44. The van der Waals surface area contributed by atoms with Crippen molar-refractivity contribution < 1.29 is 14.3 Å². The maximum Gasteiger partial charge on any atom is 0.410 e. The molecule has 0 N–H and O–H groups in total. The monoisotopic (exact) mass is 336 g/mol. The summed E-state index contributed by atoms with van der Waals surface area (Å²) in [4.78, 5) is 16.4. The van der Waals surface area contributed by atoms with Crippen molar-refractivity contribution >= 4 is 6.09 Å². The first kappa shape index (κ1) is 17.6. The molecule has 2 heterocycles. The van der Waals surface area contributed by atoms with E-state index in [1.54, 1.807) is 4.90 Å². The van der Waals surface area contributed by atoms with E-state index in [0.29, 0.717) is 12.6 Å². The van der Waals surface area contributed by atoms with Crippen molar-refractivity contribution in [2.45, 2.75) is 64.6 Å². The Balaban J connectivity index is 1.47. The van der Waals surface area contributed by atoms with E-state index in [9.17, 15) is 4.79 Å². The number of carbonyl (C=O) groups is 1. The van der Waals surface area contributed by atoms with E-state index < -0.39 is 5.60 Å². The number of piperidine rings is 1. The minimum atomic E-state index is -0.430. The minimum absolute atomic E-state index is 0.206. The van der Waals surface area contributed by atoms with Gasteiger partial charge in [-0.3, -0.25) is 0 Å². The first-order chi connectivity index (χ1) is 11.4. The largest absolute Gasteiger partial charge is 0.444 e. The predicted molar refractivity (Wildman–Crippen MR) is 93.8 cm³/mol. The molecule has 2 fully saturated rings. The topological polar surface area (TPSA) is 42.0 Å². The molecule has 3 aliphatic rings. The van der Waals surface area contributed by atoms with Gasteiger partial charge < -0.3 is 19.3 Å². The van der Waals surface area contributed by atoms with E-state index in [1.807, 2.05) is 20.8 Å². The van der Waals surface area contributed by atoms with Gasteiger partial charge in [-0.15, -0.1) is 0 Å². The maximum atomic E-state index is 12.1. The molecule has 1 amide bonds. The van der Waals surface area contributed by atoms with E-state index in [-0.39, 0.29) is 6.09 Å². The highest BCUT2D eigenvalue weighted by atomic mass is 16.6. The highest BCUT2D eigenvalue weighted by Crippen LogP contribution is 2.30. The van der Waals surface area contributed by atoms with Crippen molar-refractivity contribution in [1.82, 2.24) is 9.80 Å². The lowest BCUT2D eigenvalue weighted by atomic mass is 10.1. The summed E-state index contributed by atoms with van der Waals surface area (Å²) in [6.45, 7) is 10.2. The van der Waals surface area contributed by atoms with Gasteiger partial charge in [0.25, 0.3) is 0 Å². The fourth-order valence-corrected chi connectivity index (χ4v) is 3.33. The summed E-state index contributed by atoms with van der Waals surface area (Å²) in [7, 11) is 0. The molecular weight excluding hydrogens is 304 g/mol. The lowest BCUT2D eigenvalue weighted by molar-refractivity contribution is 0.000532. The summed E-state index contributed by atoms with van der Waals surface area (Å²) in [5, 5.41) is 0. The van der Waals surface area contributed by atoms with Crippen molar-refractivity contribution in [3.8, 4) is 0 Å². The van der Waals surface area contributed by atoms with Crippen LogP contribution in [0.2, 0.25) is 0 Å². The van der Waals surface area contributed by atoms with E-state index in [0.717, 1.165) is 38.6 Å². The van der Waals surface area contributed by atoms with Gasteiger partial charge in [0.1, 0.15) is 5.60 Å². The lowest BCUT2D eigenvalue weighted by Crippen LogP contribution is -2.44. The smallest absolute Gasteiger partial charge is 0.410 e. The normalized spacial score (nSPS) is 25.5. The van der Waals surface area contributed by atoms with Gasteiger partial charge >= 0.3 is 6.09 Å². The summed E-state index contributed by atoms with van der Waals surface area (Å²) in [5.41, 5.74) is 0.939. The van der Waals surface area contributed by atoms with Crippen LogP contribution < -0.4 is 0 Å². The molecule has 0 bridgehead atoms. The van der Waals surface area contributed by atoms with Gasteiger partial charge in [0, 0.05) is 44.9 Å². The third-order valence-corrected chi connectivity index (χ3v) is 4.89. The van der Waals surface area contributed by atoms with E-state index >= 15 is 0 Å². The number of carbonyl (C=O) groups excluding carboxylic acids is 1. The Bertz CT molecular complexity index is 479. The van der Waals surface area contributed by atoms with E-state index in [2.05, 4.69) is 11.0 Å². The van der Waals surface area contributed by atoms with Crippen LogP contribution in [0.15, 0.2) is 11.8 Å². The van der Waals surface area contributed by atoms with Gasteiger partial charge in [0.2, 0.25) is 0 Å². The molecule has 0 aromatic heterocycles. The lowest BCUT2D eigenvalue weighted by Gasteiger charge is -2.38. The zero-order chi connectivity index (χ0) is 17.2. The standard InChI is InChI=1S/C19H32N2O3/c1-19(2,3)24-18(22)20-11-8-16(9-12-20)21-10-4-5-17(13-21)23-14-15-6-7-15/h8,15,17H,4-7,9-14H2,1-3H3. The summed E-state index contributed by atoms with van der Waals surface area (Å²) >= 11 is 0. The Labute approximate surface area is 146 Å². The second kappa shape index (κ2) is 7.34. The van der Waals surface area contributed by atoms with Crippen molar-refractivity contribution in [3.63, 3.8) is 0 Å². The van der Waals surface area contributed by atoms with Crippen LogP contribution in [-0.2, 0) is 9.47 Å². The summed E-state index contributed by atoms with van der Waals surface area (Å²) in [5.74, 6) is 0.830. The quantitative estimate of drug-likeness (QED) is 0.789. The molecule has 1 aliphatic carbocycles. The second-order valence-electron chi connectivity index (χ2n) is 8.36. The van der Waals surface area contributed by atoms with Crippen LogP contribution in [-0.4, -0.2) is 60.4 Å².